The first kappa shape index (κ1) is 18.6. The van der Waals surface area contributed by atoms with Crippen LogP contribution in [-0.4, -0.2) is 36.4 Å². The second-order valence-electron chi connectivity index (χ2n) is 5.69. The number of amides is 1. The molecule has 0 aliphatic carbocycles. The number of alkyl halides is 1. The number of benzene rings is 1. The van der Waals surface area contributed by atoms with Crippen molar-refractivity contribution in [1.82, 2.24) is 5.32 Å². The van der Waals surface area contributed by atoms with Crippen LogP contribution >= 0.6 is 0 Å². The third-order valence-electron chi connectivity index (χ3n) is 3.66. The van der Waals surface area contributed by atoms with E-state index in [-0.39, 0.29) is 13.0 Å². The zero-order valence-electron chi connectivity index (χ0n) is 13.5. The number of aliphatic hydroxyl groups is 1. The van der Waals surface area contributed by atoms with Crippen molar-refractivity contribution in [3.63, 3.8) is 0 Å². The number of carbonyl (C=O) groups is 1. The SMILES string of the molecule is CCCC[C@@](C)(F)C(=O)NC(COC)[C@@H](O)c1ccccc1. The molecule has 22 heavy (non-hydrogen) atoms. The fourth-order valence-electron chi connectivity index (χ4n) is 2.21. The first-order valence-electron chi connectivity index (χ1n) is 7.64. The Morgan fingerprint density at radius 3 is 2.59 bits per heavy atom. The number of rotatable bonds is 9. The summed E-state index contributed by atoms with van der Waals surface area (Å²) in [5, 5.41) is 13.0. The van der Waals surface area contributed by atoms with E-state index in [9.17, 15) is 14.3 Å². The molecule has 1 aromatic carbocycles. The lowest BCUT2D eigenvalue weighted by Crippen LogP contribution is -2.49. The first-order chi connectivity index (χ1) is 10.4. The molecule has 1 unspecified atom stereocenters. The summed E-state index contributed by atoms with van der Waals surface area (Å²) in [7, 11) is 1.47. The van der Waals surface area contributed by atoms with Crippen molar-refractivity contribution in [2.75, 3.05) is 13.7 Å². The van der Waals surface area contributed by atoms with E-state index in [0.717, 1.165) is 6.42 Å². The third-order valence-corrected chi connectivity index (χ3v) is 3.66. The number of methoxy groups -OCH3 is 1. The van der Waals surface area contributed by atoms with E-state index in [2.05, 4.69) is 5.32 Å². The minimum absolute atomic E-state index is 0.103. The van der Waals surface area contributed by atoms with Gasteiger partial charge < -0.3 is 15.2 Å². The van der Waals surface area contributed by atoms with Crippen LogP contribution in [0.2, 0.25) is 0 Å². The fraction of sp³-hybridized carbons (Fsp3) is 0.588. The summed E-state index contributed by atoms with van der Waals surface area (Å²) in [5.74, 6) is -0.710. The minimum Gasteiger partial charge on any atom is -0.386 e. The maximum absolute atomic E-state index is 14.4. The standard InChI is InChI=1S/C17H26FNO3/c1-4-5-11-17(2,18)16(21)19-14(12-22-3)15(20)13-9-7-6-8-10-13/h6-10,14-15,20H,4-5,11-12H2,1-3H3,(H,19,21)/t14?,15-,17+/m0/s1. The van der Waals surface area contributed by atoms with Crippen molar-refractivity contribution >= 4 is 5.91 Å². The van der Waals surface area contributed by atoms with Gasteiger partial charge in [0.2, 0.25) is 0 Å². The predicted molar refractivity (Wildman–Crippen MR) is 84.2 cm³/mol. The predicted octanol–water partition coefficient (Wildman–Crippen LogP) is 2.77. The molecule has 0 saturated carbocycles. The fourth-order valence-corrected chi connectivity index (χ4v) is 2.21. The molecular weight excluding hydrogens is 285 g/mol. The Morgan fingerprint density at radius 1 is 1.41 bits per heavy atom. The Bertz CT molecular complexity index is 450. The molecule has 1 aromatic rings. The molecule has 0 spiro atoms. The molecule has 0 aliphatic rings. The van der Waals surface area contributed by atoms with Crippen molar-refractivity contribution in [3.8, 4) is 0 Å². The molecule has 0 bridgehead atoms. The van der Waals surface area contributed by atoms with E-state index in [1.54, 1.807) is 24.3 Å². The summed E-state index contributed by atoms with van der Waals surface area (Å²) in [6.45, 7) is 3.32. The number of ether oxygens (including phenoxy) is 1. The van der Waals surface area contributed by atoms with Crippen molar-refractivity contribution in [2.45, 2.75) is 50.9 Å². The van der Waals surface area contributed by atoms with Crippen LogP contribution in [0.15, 0.2) is 30.3 Å². The summed E-state index contributed by atoms with van der Waals surface area (Å²) in [6.07, 6.45) is 0.667. The lowest BCUT2D eigenvalue weighted by atomic mass is 9.98. The highest BCUT2D eigenvalue weighted by Gasteiger charge is 2.35. The number of hydrogen-bond donors (Lipinski definition) is 2. The molecule has 0 aliphatic heterocycles. The molecule has 4 nitrogen and oxygen atoms in total. The van der Waals surface area contributed by atoms with Gasteiger partial charge in [0, 0.05) is 7.11 Å². The summed E-state index contributed by atoms with van der Waals surface area (Å²) in [6, 6.07) is 8.24. The van der Waals surface area contributed by atoms with Crippen LogP contribution in [-0.2, 0) is 9.53 Å². The average Bonchev–Trinajstić information content (AvgIpc) is 2.52. The van der Waals surface area contributed by atoms with E-state index in [1.807, 2.05) is 13.0 Å². The van der Waals surface area contributed by atoms with Gasteiger partial charge in [-0.25, -0.2) is 4.39 Å². The average molecular weight is 311 g/mol. The quantitative estimate of drug-likeness (QED) is 0.737. The van der Waals surface area contributed by atoms with Crippen molar-refractivity contribution in [3.05, 3.63) is 35.9 Å². The van der Waals surface area contributed by atoms with Crippen LogP contribution < -0.4 is 5.32 Å². The molecule has 5 heteroatoms. The molecule has 3 atom stereocenters. The van der Waals surface area contributed by atoms with Crippen LogP contribution in [0, 0.1) is 0 Å². The zero-order chi connectivity index (χ0) is 16.6. The Hall–Kier alpha value is -1.46. The zero-order valence-corrected chi connectivity index (χ0v) is 13.5. The van der Waals surface area contributed by atoms with Gasteiger partial charge in [-0.1, -0.05) is 50.1 Å². The topological polar surface area (TPSA) is 58.6 Å². The number of halogens is 1. The summed E-state index contributed by atoms with van der Waals surface area (Å²) >= 11 is 0. The van der Waals surface area contributed by atoms with Gasteiger partial charge in [-0.05, 0) is 18.9 Å². The van der Waals surface area contributed by atoms with E-state index in [0.29, 0.717) is 12.0 Å². The highest BCUT2D eigenvalue weighted by atomic mass is 19.1. The van der Waals surface area contributed by atoms with E-state index < -0.39 is 23.7 Å². The lowest BCUT2D eigenvalue weighted by Gasteiger charge is -2.27. The van der Waals surface area contributed by atoms with Gasteiger partial charge in [0.1, 0.15) is 6.10 Å². The highest BCUT2D eigenvalue weighted by Crippen LogP contribution is 2.22. The first-order valence-corrected chi connectivity index (χ1v) is 7.64. The van der Waals surface area contributed by atoms with E-state index in [1.165, 1.54) is 14.0 Å². The van der Waals surface area contributed by atoms with Gasteiger partial charge in [-0.3, -0.25) is 4.79 Å². The summed E-state index contributed by atoms with van der Waals surface area (Å²) in [5.41, 5.74) is -1.29. The Morgan fingerprint density at radius 2 is 2.05 bits per heavy atom. The molecule has 0 aromatic heterocycles. The van der Waals surface area contributed by atoms with Crippen molar-refractivity contribution in [2.24, 2.45) is 0 Å². The smallest absolute Gasteiger partial charge is 0.257 e. The van der Waals surface area contributed by atoms with E-state index >= 15 is 0 Å². The molecular formula is C17H26FNO3. The van der Waals surface area contributed by atoms with Crippen LogP contribution in [0.5, 0.6) is 0 Å². The summed E-state index contributed by atoms with van der Waals surface area (Å²) in [4.78, 5) is 12.1. The van der Waals surface area contributed by atoms with Crippen molar-refractivity contribution < 1.29 is 19.0 Å². The normalized spacial score (nSPS) is 16.6. The molecule has 0 heterocycles. The molecule has 0 fully saturated rings. The second-order valence-corrected chi connectivity index (χ2v) is 5.69. The number of hydrogen-bond acceptors (Lipinski definition) is 3. The molecule has 124 valence electrons. The van der Waals surface area contributed by atoms with Gasteiger partial charge in [0.25, 0.3) is 5.91 Å². The molecule has 0 saturated heterocycles. The maximum Gasteiger partial charge on any atom is 0.257 e. The van der Waals surface area contributed by atoms with Crippen molar-refractivity contribution in [1.29, 1.82) is 0 Å². The Labute approximate surface area is 131 Å². The third kappa shape index (κ3) is 5.39. The van der Waals surface area contributed by atoms with Gasteiger partial charge in [-0.2, -0.15) is 0 Å². The van der Waals surface area contributed by atoms with Crippen LogP contribution in [0.3, 0.4) is 0 Å². The minimum atomic E-state index is -1.95. The van der Waals surface area contributed by atoms with E-state index in [4.69, 9.17) is 4.74 Å². The number of nitrogens with one attached hydrogen (secondary N) is 1. The summed E-state index contributed by atoms with van der Waals surface area (Å²) < 4.78 is 19.4. The Balaban J connectivity index is 2.77. The molecule has 2 N–H and O–H groups in total. The van der Waals surface area contributed by atoms with Crippen LogP contribution in [0.4, 0.5) is 4.39 Å². The van der Waals surface area contributed by atoms with Gasteiger partial charge in [0.05, 0.1) is 12.6 Å². The monoisotopic (exact) mass is 311 g/mol. The lowest BCUT2D eigenvalue weighted by molar-refractivity contribution is -0.134. The Kier molecular flexibility index (Phi) is 7.48. The van der Waals surface area contributed by atoms with Crippen LogP contribution in [0.25, 0.3) is 0 Å². The maximum atomic E-state index is 14.4. The number of aliphatic hydroxyl groups excluding tert-OH is 1. The van der Waals surface area contributed by atoms with Gasteiger partial charge in [0.15, 0.2) is 5.67 Å². The molecule has 0 radical (unpaired) electrons. The van der Waals surface area contributed by atoms with Crippen LogP contribution in [0.1, 0.15) is 44.8 Å². The molecule has 1 amide bonds. The van der Waals surface area contributed by atoms with Gasteiger partial charge >= 0.3 is 0 Å². The largest absolute Gasteiger partial charge is 0.386 e. The second kappa shape index (κ2) is 8.86. The molecule has 1 rings (SSSR count). The van der Waals surface area contributed by atoms with Gasteiger partial charge in [-0.15, -0.1) is 0 Å². The number of carbonyl (C=O) groups excluding carboxylic acids is 1. The number of unbranched alkanes of at least 4 members (excludes halogenated alkanes) is 1. The highest BCUT2D eigenvalue weighted by molar-refractivity contribution is 5.84.